The minimum absolute atomic E-state index is 0.393. The van der Waals surface area contributed by atoms with Crippen molar-refractivity contribution in [2.75, 3.05) is 0 Å². The van der Waals surface area contributed by atoms with Crippen molar-refractivity contribution in [3.63, 3.8) is 0 Å². The van der Waals surface area contributed by atoms with E-state index in [1.165, 1.54) is 0 Å². The van der Waals surface area contributed by atoms with E-state index in [9.17, 15) is 4.79 Å². The van der Waals surface area contributed by atoms with Crippen molar-refractivity contribution in [3.8, 4) is 0 Å². The molecule has 1 heterocycles. The van der Waals surface area contributed by atoms with Gasteiger partial charge in [0, 0.05) is 27.4 Å². The fourth-order valence-corrected chi connectivity index (χ4v) is 2.11. The second kappa shape index (κ2) is 3.10. The number of aromatic amines is 1. The summed E-state index contributed by atoms with van der Waals surface area (Å²) in [6, 6.07) is 13.4. The van der Waals surface area contributed by atoms with Crippen LogP contribution in [-0.2, 0) is 0 Å². The van der Waals surface area contributed by atoms with Gasteiger partial charge in [0.15, 0.2) is 0 Å². The Morgan fingerprint density at radius 3 is 2.56 bits per heavy atom. The van der Waals surface area contributed by atoms with Crippen LogP contribution >= 0.6 is 0 Å². The minimum Gasteiger partial charge on any atom is -0.366 e. The van der Waals surface area contributed by atoms with Crippen LogP contribution in [0.2, 0.25) is 0 Å². The summed E-state index contributed by atoms with van der Waals surface area (Å²) in [5.41, 5.74) is 7.90. The summed E-state index contributed by atoms with van der Waals surface area (Å²) in [4.78, 5) is 14.6. The van der Waals surface area contributed by atoms with Gasteiger partial charge in [-0.2, -0.15) is 0 Å². The molecule has 78 valence electrons. The first kappa shape index (κ1) is 8.97. The van der Waals surface area contributed by atoms with Crippen LogP contribution in [0.4, 0.5) is 0 Å². The van der Waals surface area contributed by atoms with E-state index in [1.807, 2.05) is 36.4 Å². The first-order valence-electron chi connectivity index (χ1n) is 5.06. The smallest absolute Gasteiger partial charge is 0.249 e. The van der Waals surface area contributed by atoms with E-state index in [0.29, 0.717) is 5.56 Å². The molecule has 0 aliphatic heterocycles. The van der Waals surface area contributed by atoms with Crippen molar-refractivity contribution in [2.45, 2.75) is 0 Å². The van der Waals surface area contributed by atoms with Gasteiger partial charge in [-0.15, -0.1) is 0 Å². The first-order valence-corrected chi connectivity index (χ1v) is 5.06. The quantitative estimate of drug-likeness (QED) is 0.636. The number of benzene rings is 2. The van der Waals surface area contributed by atoms with Crippen molar-refractivity contribution in [2.24, 2.45) is 5.73 Å². The molecule has 0 radical (unpaired) electrons. The highest BCUT2D eigenvalue weighted by atomic mass is 16.1. The number of nitrogens with two attached hydrogens (primary N) is 1. The number of rotatable bonds is 1. The molecule has 0 fully saturated rings. The van der Waals surface area contributed by atoms with Gasteiger partial charge in [0.1, 0.15) is 0 Å². The topological polar surface area (TPSA) is 58.9 Å². The van der Waals surface area contributed by atoms with Gasteiger partial charge in [-0.25, -0.2) is 0 Å². The number of H-pyrrole nitrogens is 1. The Labute approximate surface area is 91.9 Å². The number of carbonyl (C=O) groups is 1. The second-order valence-electron chi connectivity index (χ2n) is 3.76. The summed E-state index contributed by atoms with van der Waals surface area (Å²) in [5.74, 6) is -0.393. The molecule has 0 aliphatic carbocycles. The Morgan fingerprint density at radius 1 is 1.00 bits per heavy atom. The number of para-hydroxylation sites is 1. The number of fused-ring (bicyclic) bond motifs is 3. The molecule has 0 saturated carbocycles. The molecule has 0 bridgehead atoms. The number of amides is 1. The molecule has 16 heavy (non-hydrogen) atoms. The Hall–Kier alpha value is -2.29. The highest BCUT2D eigenvalue weighted by molar-refractivity contribution is 6.17. The number of carbonyl (C=O) groups excluding carboxylic acids is 1. The molecule has 0 saturated heterocycles. The Balaban J connectivity index is 2.57. The lowest BCUT2D eigenvalue weighted by Gasteiger charge is -1.98. The maximum absolute atomic E-state index is 11.4. The van der Waals surface area contributed by atoms with Crippen LogP contribution in [0.3, 0.4) is 0 Å². The molecule has 1 amide bonds. The van der Waals surface area contributed by atoms with Gasteiger partial charge >= 0.3 is 0 Å². The minimum atomic E-state index is -0.393. The zero-order valence-electron chi connectivity index (χ0n) is 8.53. The van der Waals surface area contributed by atoms with Gasteiger partial charge in [0.25, 0.3) is 0 Å². The number of hydrogen-bond donors (Lipinski definition) is 2. The number of aromatic nitrogens is 1. The number of hydrogen-bond acceptors (Lipinski definition) is 1. The largest absolute Gasteiger partial charge is 0.366 e. The third kappa shape index (κ3) is 1.11. The summed E-state index contributed by atoms with van der Waals surface area (Å²) < 4.78 is 0. The summed E-state index contributed by atoms with van der Waals surface area (Å²) in [6.07, 6.45) is 0. The van der Waals surface area contributed by atoms with Crippen LogP contribution in [-0.4, -0.2) is 10.9 Å². The number of nitrogens with one attached hydrogen (secondary N) is 1. The lowest BCUT2D eigenvalue weighted by Crippen LogP contribution is -2.10. The number of primary amides is 1. The van der Waals surface area contributed by atoms with Crippen molar-refractivity contribution < 1.29 is 4.79 Å². The molecular weight excluding hydrogens is 200 g/mol. The Morgan fingerprint density at radius 2 is 1.75 bits per heavy atom. The van der Waals surface area contributed by atoms with Gasteiger partial charge in [0.05, 0.1) is 0 Å². The van der Waals surface area contributed by atoms with E-state index in [-0.39, 0.29) is 0 Å². The van der Waals surface area contributed by atoms with Gasteiger partial charge in [-0.1, -0.05) is 24.3 Å². The van der Waals surface area contributed by atoms with Gasteiger partial charge in [-0.05, 0) is 18.2 Å². The van der Waals surface area contributed by atoms with E-state index < -0.39 is 5.91 Å². The summed E-state index contributed by atoms with van der Waals surface area (Å²) in [5, 5.41) is 1.94. The molecule has 2 aromatic carbocycles. The predicted molar refractivity (Wildman–Crippen MR) is 64.3 cm³/mol. The highest BCUT2D eigenvalue weighted by Crippen LogP contribution is 2.27. The predicted octanol–water partition coefficient (Wildman–Crippen LogP) is 2.42. The van der Waals surface area contributed by atoms with Crippen molar-refractivity contribution in [3.05, 3.63) is 48.0 Å². The second-order valence-corrected chi connectivity index (χ2v) is 3.76. The normalized spacial score (nSPS) is 11.0. The molecule has 1 aromatic heterocycles. The fourth-order valence-electron chi connectivity index (χ4n) is 2.11. The molecule has 0 unspecified atom stereocenters. The maximum atomic E-state index is 11.4. The molecule has 0 aliphatic rings. The van der Waals surface area contributed by atoms with E-state index in [1.54, 1.807) is 6.07 Å². The average molecular weight is 210 g/mol. The van der Waals surface area contributed by atoms with E-state index in [4.69, 9.17) is 5.73 Å². The highest BCUT2D eigenvalue weighted by Gasteiger charge is 2.10. The molecule has 3 nitrogen and oxygen atoms in total. The molecular formula is C13H10N2O. The van der Waals surface area contributed by atoms with Gasteiger partial charge in [0.2, 0.25) is 5.91 Å². The molecule has 0 atom stereocenters. The summed E-state index contributed by atoms with van der Waals surface area (Å²) in [6.45, 7) is 0. The monoisotopic (exact) mass is 210 g/mol. The molecule has 3 aromatic rings. The third-order valence-corrected chi connectivity index (χ3v) is 2.80. The third-order valence-electron chi connectivity index (χ3n) is 2.80. The first-order chi connectivity index (χ1) is 7.77. The Kier molecular flexibility index (Phi) is 1.74. The molecule has 3 N–H and O–H groups in total. The van der Waals surface area contributed by atoms with Crippen molar-refractivity contribution >= 4 is 27.7 Å². The standard InChI is InChI=1S/C13H10N2O/c14-13(16)9-5-3-7-11-12(9)8-4-1-2-6-10(8)15-11/h1-7,15H,(H2,14,16). The Bertz CT molecular complexity index is 697. The zero-order chi connectivity index (χ0) is 11.1. The molecule has 0 spiro atoms. The molecule has 3 rings (SSSR count). The van der Waals surface area contributed by atoms with E-state index in [0.717, 1.165) is 21.8 Å². The SMILES string of the molecule is NC(=O)c1cccc2[nH]c3ccccc3c12. The van der Waals surface area contributed by atoms with Crippen LogP contribution in [0.1, 0.15) is 10.4 Å². The van der Waals surface area contributed by atoms with E-state index in [2.05, 4.69) is 4.98 Å². The van der Waals surface area contributed by atoms with Crippen LogP contribution in [0.25, 0.3) is 21.8 Å². The summed E-state index contributed by atoms with van der Waals surface area (Å²) >= 11 is 0. The molecule has 3 heteroatoms. The fraction of sp³-hybridized carbons (Fsp3) is 0. The lowest BCUT2D eigenvalue weighted by molar-refractivity contribution is 0.100. The lowest BCUT2D eigenvalue weighted by atomic mass is 10.1. The van der Waals surface area contributed by atoms with E-state index >= 15 is 0 Å². The van der Waals surface area contributed by atoms with Gasteiger partial charge in [-0.3, -0.25) is 4.79 Å². The van der Waals surface area contributed by atoms with Crippen LogP contribution < -0.4 is 5.73 Å². The van der Waals surface area contributed by atoms with Crippen LogP contribution in [0, 0.1) is 0 Å². The van der Waals surface area contributed by atoms with Crippen molar-refractivity contribution in [1.82, 2.24) is 4.98 Å². The maximum Gasteiger partial charge on any atom is 0.249 e. The van der Waals surface area contributed by atoms with Gasteiger partial charge < -0.3 is 10.7 Å². The van der Waals surface area contributed by atoms with Crippen molar-refractivity contribution in [1.29, 1.82) is 0 Å². The van der Waals surface area contributed by atoms with Crippen LogP contribution in [0.5, 0.6) is 0 Å². The summed E-state index contributed by atoms with van der Waals surface area (Å²) in [7, 11) is 0. The van der Waals surface area contributed by atoms with Crippen LogP contribution in [0.15, 0.2) is 42.5 Å². The zero-order valence-corrected chi connectivity index (χ0v) is 8.53. The average Bonchev–Trinajstić information content (AvgIpc) is 2.66.